The first kappa shape index (κ1) is 13.1. The van der Waals surface area contributed by atoms with Gasteiger partial charge in [-0.1, -0.05) is 26.0 Å². The van der Waals surface area contributed by atoms with E-state index in [0.29, 0.717) is 6.61 Å². The number of halogens is 1. The van der Waals surface area contributed by atoms with Crippen LogP contribution in [0.1, 0.15) is 25.5 Å². The van der Waals surface area contributed by atoms with Crippen LogP contribution in [0.15, 0.2) is 24.3 Å². The first-order valence-corrected chi connectivity index (χ1v) is 5.81. The van der Waals surface area contributed by atoms with Gasteiger partial charge in [0.25, 0.3) is 0 Å². The molecule has 1 aromatic rings. The van der Waals surface area contributed by atoms with Crippen molar-refractivity contribution in [3.63, 3.8) is 0 Å². The summed E-state index contributed by atoms with van der Waals surface area (Å²) in [4.78, 5) is 2.23. The number of nitrogens with zero attached hydrogens (tertiary/aromatic N) is 1. The van der Waals surface area contributed by atoms with Crippen molar-refractivity contribution in [2.75, 3.05) is 26.8 Å². The Kier molecular flexibility index (Phi) is 5.43. The van der Waals surface area contributed by atoms with E-state index in [1.54, 1.807) is 0 Å². The minimum absolute atomic E-state index is 0.187. The highest BCUT2D eigenvalue weighted by Crippen LogP contribution is 2.22. The van der Waals surface area contributed by atoms with Crippen LogP contribution in [0, 0.1) is 5.82 Å². The lowest BCUT2D eigenvalue weighted by Gasteiger charge is -2.32. The van der Waals surface area contributed by atoms with Gasteiger partial charge in [0.2, 0.25) is 0 Å². The van der Waals surface area contributed by atoms with E-state index in [1.807, 2.05) is 26.0 Å². The van der Waals surface area contributed by atoms with Crippen LogP contribution in [0.5, 0.6) is 0 Å². The average Bonchev–Trinajstić information content (AvgIpc) is 2.34. The van der Waals surface area contributed by atoms with Crippen LogP contribution in [-0.2, 0) is 4.74 Å². The molecule has 1 saturated heterocycles. The second-order valence-electron chi connectivity index (χ2n) is 3.62. The fourth-order valence-electron chi connectivity index (χ4n) is 1.72. The summed E-state index contributed by atoms with van der Waals surface area (Å²) in [5.74, 6) is -0.187. The van der Waals surface area contributed by atoms with Gasteiger partial charge < -0.3 is 4.74 Å². The number of hydrogen-bond acceptors (Lipinski definition) is 2. The van der Waals surface area contributed by atoms with Gasteiger partial charge in [0.15, 0.2) is 0 Å². The van der Waals surface area contributed by atoms with Crippen molar-refractivity contribution in [2.24, 2.45) is 0 Å². The molecular formula is C13H20FNO. The number of rotatable bonds is 1. The van der Waals surface area contributed by atoms with Crippen molar-refractivity contribution in [3.8, 4) is 0 Å². The van der Waals surface area contributed by atoms with E-state index in [0.717, 1.165) is 18.7 Å². The molecule has 0 spiro atoms. The molecule has 90 valence electrons. The standard InChI is InChI=1S/C11H14FNO.C2H6/c1-13-6-7-14-8-11(13)9-2-4-10(12)5-3-9;1-2/h2-5,11H,6-8H2,1H3;1-2H3. The zero-order chi connectivity index (χ0) is 12.0. The maximum atomic E-state index is 12.7. The van der Waals surface area contributed by atoms with Gasteiger partial charge in [-0.05, 0) is 24.7 Å². The molecule has 0 amide bonds. The molecule has 0 radical (unpaired) electrons. The van der Waals surface area contributed by atoms with E-state index in [2.05, 4.69) is 11.9 Å². The van der Waals surface area contributed by atoms with E-state index in [1.165, 1.54) is 12.1 Å². The largest absolute Gasteiger partial charge is 0.378 e. The van der Waals surface area contributed by atoms with Crippen molar-refractivity contribution in [1.29, 1.82) is 0 Å². The Morgan fingerprint density at radius 1 is 1.25 bits per heavy atom. The van der Waals surface area contributed by atoms with Gasteiger partial charge in [-0.25, -0.2) is 4.39 Å². The SMILES string of the molecule is CC.CN1CCOCC1c1ccc(F)cc1. The smallest absolute Gasteiger partial charge is 0.123 e. The number of ether oxygens (including phenoxy) is 1. The molecule has 1 aliphatic heterocycles. The third kappa shape index (κ3) is 3.29. The van der Waals surface area contributed by atoms with Gasteiger partial charge in [-0.2, -0.15) is 0 Å². The Bertz CT molecular complexity index is 299. The van der Waals surface area contributed by atoms with Crippen molar-refractivity contribution in [2.45, 2.75) is 19.9 Å². The van der Waals surface area contributed by atoms with Crippen LogP contribution in [-0.4, -0.2) is 31.7 Å². The molecule has 0 aromatic heterocycles. The summed E-state index contributed by atoms with van der Waals surface area (Å²) in [7, 11) is 2.07. The fraction of sp³-hybridized carbons (Fsp3) is 0.538. The third-order valence-corrected chi connectivity index (χ3v) is 2.65. The quantitative estimate of drug-likeness (QED) is 0.728. The second kappa shape index (κ2) is 6.61. The molecule has 0 aliphatic carbocycles. The molecule has 1 atom stereocenters. The van der Waals surface area contributed by atoms with Crippen LogP contribution < -0.4 is 0 Å². The molecular weight excluding hydrogens is 205 g/mol. The van der Waals surface area contributed by atoms with E-state index in [9.17, 15) is 4.39 Å². The number of benzene rings is 1. The first-order valence-electron chi connectivity index (χ1n) is 5.81. The predicted molar refractivity (Wildman–Crippen MR) is 63.9 cm³/mol. The van der Waals surface area contributed by atoms with Gasteiger partial charge >= 0.3 is 0 Å². The fourth-order valence-corrected chi connectivity index (χ4v) is 1.72. The van der Waals surface area contributed by atoms with E-state index in [-0.39, 0.29) is 11.9 Å². The lowest BCUT2D eigenvalue weighted by atomic mass is 10.1. The zero-order valence-electron chi connectivity index (χ0n) is 10.2. The summed E-state index contributed by atoms with van der Waals surface area (Å²) in [6.07, 6.45) is 0. The Morgan fingerprint density at radius 3 is 2.44 bits per heavy atom. The van der Waals surface area contributed by atoms with Gasteiger partial charge in [-0.3, -0.25) is 4.90 Å². The molecule has 1 aromatic carbocycles. The number of morpholine rings is 1. The van der Waals surface area contributed by atoms with Crippen LogP contribution in [0.25, 0.3) is 0 Å². The van der Waals surface area contributed by atoms with E-state index < -0.39 is 0 Å². The second-order valence-corrected chi connectivity index (χ2v) is 3.62. The summed E-state index contributed by atoms with van der Waals surface area (Å²) in [5, 5.41) is 0. The average molecular weight is 225 g/mol. The highest BCUT2D eigenvalue weighted by Gasteiger charge is 2.20. The van der Waals surface area contributed by atoms with Crippen LogP contribution in [0.4, 0.5) is 4.39 Å². The van der Waals surface area contributed by atoms with Crippen molar-refractivity contribution in [3.05, 3.63) is 35.6 Å². The Balaban J connectivity index is 0.000000606. The third-order valence-electron chi connectivity index (χ3n) is 2.65. The minimum atomic E-state index is -0.187. The van der Waals surface area contributed by atoms with Gasteiger partial charge in [0.1, 0.15) is 5.82 Å². The molecule has 2 nitrogen and oxygen atoms in total. The molecule has 0 N–H and O–H groups in total. The zero-order valence-corrected chi connectivity index (χ0v) is 10.2. The molecule has 0 bridgehead atoms. The topological polar surface area (TPSA) is 12.5 Å². The molecule has 16 heavy (non-hydrogen) atoms. The molecule has 2 rings (SSSR count). The highest BCUT2D eigenvalue weighted by molar-refractivity contribution is 5.20. The monoisotopic (exact) mass is 225 g/mol. The van der Waals surface area contributed by atoms with Gasteiger partial charge in [0.05, 0.1) is 19.3 Å². The summed E-state index contributed by atoms with van der Waals surface area (Å²) >= 11 is 0. The summed E-state index contributed by atoms with van der Waals surface area (Å²) < 4.78 is 18.1. The Hall–Kier alpha value is -0.930. The Labute approximate surface area is 97.0 Å². The summed E-state index contributed by atoms with van der Waals surface area (Å²) in [5.41, 5.74) is 1.12. The minimum Gasteiger partial charge on any atom is -0.378 e. The molecule has 0 saturated carbocycles. The maximum absolute atomic E-state index is 12.7. The predicted octanol–water partition coefficient (Wildman–Crippen LogP) is 2.86. The lowest BCUT2D eigenvalue weighted by Crippen LogP contribution is -2.36. The molecule has 3 heteroatoms. The summed E-state index contributed by atoms with van der Waals surface area (Å²) in [6, 6.07) is 6.91. The van der Waals surface area contributed by atoms with Crippen molar-refractivity contribution in [1.82, 2.24) is 4.90 Å². The van der Waals surface area contributed by atoms with Crippen LogP contribution >= 0.6 is 0 Å². The van der Waals surface area contributed by atoms with Crippen LogP contribution in [0.2, 0.25) is 0 Å². The maximum Gasteiger partial charge on any atom is 0.123 e. The molecule has 1 unspecified atom stereocenters. The molecule has 1 aliphatic rings. The Morgan fingerprint density at radius 2 is 1.88 bits per heavy atom. The highest BCUT2D eigenvalue weighted by atomic mass is 19.1. The molecule has 1 fully saturated rings. The number of likely N-dealkylation sites (N-methyl/N-ethyl adjacent to an activating group) is 1. The first-order chi connectivity index (χ1) is 7.77. The molecule has 1 heterocycles. The van der Waals surface area contributed by atoms with Gasteiger partial charge in [0, 0.05) is 6.54 Å². The lowest BCUT2D eigenvalue weighted by molar-refractivity contribution is 0.00503. The van der Waals surface area contributed by atoms with E-state index in [4.69, 9.17) is 4.74 Å². The van der Waals surface area contributed by atoms with E-state index >= 15 is 0 Å². The van der Waals surface area contributed by atoms with Crippen molar-refractivity contribution < 1.29 is 9.13 Å². The normalized spacial score (nSPS) is 21.1. The van der Waals surface area contributed by atoms with Crippen molar-refractivity contribution >= 4 is 0 Å². The number of hydrogen-bond donors (Lipinski definition) is 0. The van der Waals surface area contributed by atoms with Gasteiger partial charge in [-0.15, -0.1) is 0 Å². The van der Waals surface area contributed by atoms with Crippen LogP contribution in [0.3, 0.4) is 0 Å². The summed E-state index contributed by atoms with van der Waals surface area (Å²) in [6.45, 7) is 6.42.